The molecule has 2 N–H and O–H groups in total. The Balaban J connectivity index is 0.00000288. The SMILES string of the molecule is O=S(=O)([O-])c1ccc(S(=O)(=O)[O-])c(NC2=C(Cl)NN(Cl)N=C2)c1.[Na+].[Na+]. The van der Waals surface area contributed by atoms with Crippen LogP contribution in [0.2, 0.25) is 0 Å². The zero-order valence-corrected chi connectivity index (χ0v) is 19.9. The Morgan fingerprint density at radius 2 is 1.72 bits per heavy atom. The number of hydrazone groups is 1. The molecule has 1 aromatic carbocycles. The molecular formula is C9H6Cl2N4Na2O6S2. The third-order valence-corrected chi connectivity index (χ3v) is 4.68. The van der Waals surface area contributed by atoms with Gasteiger partial charge in [0, 0.05) is 0 Å². The smallest absolute Gasteiger partial charge is 0.744 e. The Kier molecular flexibility index (Phi) is 9.74. The minimum Gasteiger partial charge on any atom is -0.744 e. The van der Waals surface area contributed by atoms with Gasteiger partial charge in [0.05, 0.1) is 39.2 Å². The average molecular weight is 447 g/mol. The first kappa shape index (κ1) is 25.4. The second-order valence-electron chi connectivity index (χ2n) is 4.04. The molecule has 0 atom stereocenters. The normalized spacial score (nSPS) is 14.3. The van der Waals surface area contributed by atoms with Crippen LogP contribution in [0.5, 0.6) is 0 Å². The van der Waals surface area contributed by atoms with Crippen LogP contribution in [0, 0.1) is 0 Å². The fourth-order valence-electron chi connectivity index (χ4n) is 1.55. The van der Waals surface area contributed by atoms with Gasteiger partial charge in [-0.3, -0.25) is 5.43 Å². The zero-order valence-electron chi connectivity index (χ0n) is 12.7. The van der Waals surface area contributed by atoms with Crippen LogP contribution in [0.25, 0.3) is 0 Å². The summed E-state index contributed by atoms with van der Waals surface area (Å²) in [6, 6.07) is 2.11. The van der Waals surface area contributed by atoms with E-state index in [-0.39, 0.29) is 70.0 Å². The standard InChI is InChI=1S/C9H8Cl2N4O6S2.2Na/c10-9-7(4-12-15(11)14-9)13-6-3-5(22(16,17)18)1-2-8(6)23(19,20)21;;/h1-4,13-14H,(H,16,17,18)(H,19,20,21);;/q;2*+1/p-2. The molecule has 1 aliphatic rings. The summed E-state index contributed by atoms with van der Waals surface area (Å²) in [6.45, 7) is 0. The van der Waals surface area contributed by atoms with E-state index >= 15 is 0 Å². The molecule has 25 heavy (non-hydrogen) atoms. The Morgan fingerprint density at radius 3 is 2.20 bits per heavy atom. The van der Waals surface area contributed by atoms with Crippen molar-refractivity contribution in [2.24, 2.45) is 5.10 Å². The summed E-state index contributed by atoms with van der Waals surface area (Å²) in [7, 11) is -9.82. The Labute approximate surface area is 197 Å². The molecule has 0 radical (unpaired) electrons. The van der Waals surface area contributed by atoms with Crippen LogP contribution in [-0.2, 0) is 20.2 Å². The molecule has 1 aromatic rings. The van der Waals surface area contributed by atoms with E-state index in [9.17, 15) is 25.9 Å². The van der Waals surface area contributed by atoms with E-state index in [0.29, 0.717) is 18.2 Å². The summed E-state index contributed by atoms with van der Waals surface area (Å²) in [5, 5.41) is 5.85. The van der Waals surface area contributed by atoms with Gasteiger partial charge in [-0.1, -0.05) is 11.6 Å². The zero-order chi connectivity index (χ0) is 17.4. The van der Waals surface area contributed by atoms with Gasteiger partial charge in [0.15, 0.2) is 0 Å². The maximum absolute atomic E-state index is 11.2. The van der Waals surface area contributed by atoms with Crippen LogP contribution in [0.3, 0.4) is 0 Å². The minimum atomic E-state index is -4.95. The predicted octanol–water partition coefficient (Wildman–Crippen LogP) is -5.72. The molecule has 0 bridgehead atoms. The van der Waals surface area contributed by atoms with Crippen LogP contribution in [0.4, 0.5) is 5.69 Å². The van der Waals surface area contributed by atoms with E-state index in [4.69, 9.17) is 23.4 Å². The number of hydrogen-bond donors (Lipinski definition) is 2. The fourth-order valence-corrected chi connectivity index (χ4v) is 3.01. The van der Waals surface area contributed by atoms with Crippen molar-refractivity contribution in [2.45, 2.75) is 9.79 Å². The average Bonchev–Trinajstić information content (AvgIpc) is 2.39. The Bertz CT molecular complexity index is 922. The summed E-state index contributed by atoms with van der Waals surface area (Å²) >= 11 is 11.3. The molecule has 1 heterocycles. The van der Waals surface area contributed by atoms with Crippen LogP contribution < -0.4 is 69.9 Å². The number of nitrogens with zero attached hydrogens (tertiary/aromatic N) is 2. The molecule has 0 aromatic heterocycles. The predicted molar refractivity (Wildman–Crippen MR) is 78.2 cm³/mol. The molecule has 0 fully saturated rings. The summed E-state index contributed by atoms with van der Waals surface area (Å²) in [5.74, 6) is 0. The van der Waals surface area contributed by atoms with Crippen molar-refractivity contribution in [3.05, 3.63) is 29.1 Å². The van der Waals surface area contributed by atoms with Gasteiger partial charge in [-0.25, -0.2) is 16.8 Å². The number of rotatable bonds is 4. The number of halogens is 2. The maximum Gasteiger partial charge on any atom is 1.00 e. The first-order chi connectivity index (χ1) is 10.5. The molecule has 0 unspecified atom stereocenters. The maximum atomic E-state index is 11.2. The van der Waals surface area contributed by atoms with Crippen molar-refractivity contribution in [3.63, 3.8) is 0 Å². The first-order valence-electron chi connectivity index (χ1n) is 5.47. The molecule has 2 rings (SSSR count). The third-order valence-electron chi connectivity index (χ3n) is 2.49. The monoisotopic (exact) mass is 446 g/mol. The van der Waals surface area contributed by atoms with Gasteiger partial charge in [-0.2, -0.15) is 0 Å². The van der Waals surface area contributed by atoms with Crippen LogP contribution in [-0.4, -0.2) is 36.8 Å². The van der Waals surface area contributed by atoms with E-state index in [0.717, 1.165) is 10.9 Å². The molecule has 126 valence electrons. The third kappa shape index (κ3) is 6.83. The van der Waals surface area contributed by atoms with Gasteiger partial charge >= 0.3 is 59.1 Å². The molecule has 0 amide bonds. The van der Waals surface area contributed by atoms with E-state index in [1.165, 1.54) is 0 Å². The van der Waals surface area contributed by atoms with Crippen molar-refractivity contribution in [3.8, 4) is 0 Å². The van der Waals surface area contributed by atoms with Crippen molar-refractivity contribution < 1.29 is 85.1 Å². The van der Waals surface area contributed by atoms with E-state index < -0.39 is 35.7 Å². The summed E-state index contributed by atoms with van der Waals surface area (Å²) < 4.78 is 67.5. The van der Waals surface area contributed by atoms with Crippen LogP contribution in [0.1, 0.15) is 0 Å². The molecular weight excluding hydrogens is 441 g/mol. The van der Waals surface area contributed by atoms with Gasteiger partial charge in [0.2, 0.25) is 0 Å². The number of anilines is 1. The molecule has 0 spiro atoms. The molecule has 16 heteroatoms. The summed E-state index contributed by atoms with van der Waals surface area (Å²) in [4.78, 5) is -1.51. The van der Waals surface area contributed by atoms with E-state index in [1.54, 1.807) is 0 Å². The number of allylic oxidation sites excluding steroid dienone is 1. The molecule has 0 saturated carbocycles. The molecule has 10 nitrogen and oxygen atoms in total. The second-order valence-corrected chi connectivity index (χ2v) is 7.46. The van der Waals surface area contributed by atoms with Crippen molar-refractivity contribution >= 4 is 55.5 Å². The summed E-state index contributed by atoms with van der Waals surface area (Å²) in [6.07, 6.45) is 1.07. The largest absolute Gasteiger partial charge is 1.00 e. The van der Waals surface area contributed by atoms with Crippen LogP contribution >= 0.6 is 23.4 Å². The number of nitrogens with one attached hydrogen (secondary N) is 2. The van der Waals surface area contributed by atoms with Gasteiger partial charge in [-0.05, 0) is 18.2 Å². The van der Waals surface area contributed by atoms with Crippen molar-refractivity contribution in [2.75, 3.05) is 5.32 Å². The fraction of sp³-hybridized carbons (Fsp3) is 0. The topological polar surface area (TPSA) is 154 Å². The van der Waals surface area contributed by atoms with Gasteiger partial charge in [-0.15, -0.1) is 9.74 Å². The number of benzene rings is 1. The molecule has 1 aliphatic heterocycles. The Morgan fingerprint density at radius 1 is 1.12 bits per heavy atom. The van der Waals surface area contributed by atoms with E-state index in [1.807, 2.05) is 0 Å². The first-order valence-corrected chi connectivity index (χ1v) is 9.01. The van der Waals surface area contributed by atoms with Crippen LogP contribution in [0.15, 0.2) is 43.9 Å². The minimum absolute atomic E-state index is 0. The molecule has 0 saturated heterocycles. The second kappa shape index (κ2) is 9.57. The van der Waals surface area contributed by atoms with Gasteiger partial charge < -0.3 is 14.4 Å². The van der Waals surface area contributed by atoms with Gasteiger partial charge in [0.1, 0.15) is 25.4 Å². The van der Waals surface area contributed by atoms with Gasteiger partial charge in [0.25, 0.3) is 0 Å². The summed E-state index contributed by atoms with van der Waals surface area (Å²) in [5.41, 5.74) is 1.85. The quantitative estimate of drug-likeness (QED) is 0.199. The van der Waals surface area contributed by atoms with Crippen molar-refractivity contribution in [1.82, 2.24) is 10.1 Å². The number of hydrazine groups is 1. The van der Waals surface area contributed by atoms with Crippen molar-refractivity contribution in [1.29, 1.82) is 0 Å². The Hall–Kier alpha value is 0.430. The van der Waals surface area contributed by atoms with E-state index in [2.05, 4.69) is 15.8 Å². The molecule has 0 aliphatic carbocycles. The number of hydrogen-bond acceptors (Lipinski definition) is 10.